The summed E-state index contributed by atoms with van der Waals surface area (Å²) in [5.41, 5.74) is 2.82. The van der Waals surface area contributed by atoms with Gasteiger partial charge in [0.1, 0.15) is 5.75 Å². The topological polar surface area (TPSA) is 77.2 Å². The molecule has 4 rings (SSSR count). The van der Waals surface area contributed by atoms with E-state index in [4.69, 9.17) is 4.74 Å². The summed E-state index contributed by atoms with van der Waals surface area (Å²) in [6.45, 7) is 0.678. The van der Waals surface area contributed by atoms with E-state index >= 15 is 0 Å². The van der Waals surface area contributed by atoms with Crippen LogP contribution in [0.3, 0.4) is 0 Å². The molecule has 1 N–H and O–H groups in total. The van der Waals surface area contributed by atoms with Crippen molar-refractivity contribution in [2.24, 2.45) is 0 Å². The Hall–Kier alpha value is -3.00. The zero-order valence-corrected chi connectivity index (χ0v) is 13.7. The van der Waals surface area contributed by atoms with Crippen LogP contribution in [0, 0.1) is 0 Å². The van der Waals surface area contributed by atoms with E-state index < -0.39 is 0 Å². The maximum absolute atomic E-state index is 5.20. The van der Waals surface area contributed by atoms with Crippen molar-refractivity contribution >= 4 is 21.4 Å². The molecule has 0 spiro atoms. The van der Waals surface area contributed by atoms with Crippen LogP contribution in [0.2, 0.25) is 0 Å². The van der Waals surface area contributed by atoms with Crippen molar-refractivity contribution < 1.29 is 4.74 Å². The summed E-state index contributed by atoms with van der Waals surface area (Å²) >= 11 is 1.50. The third-order valence-electron chi connectivity index (χ3n) is 3.45. The molecule has 0 aliphatic heterocycles. The highest BCUT2D eigenvalue weighted by Crippen LogP contribution is 2.26. The molecule has 0 radical (unpaired) electrons. The van der Waals surface area contributed by atoms with Crippen molar-refractivity contribution in [1.82, 2.24) is 24.6 Å². The van der Waals surface area contributed by atoms with Gasteiger partial charge in [0.15, 0.2) is 0 Å². The summed E-state index contributed by atoms with van der Waals surface area (Å²) in [6, 6.07) is 5.84. The van der Waals surface area contributed by atoms with Crippen molar-refractivity contribution in [3.8, 4) is 17.0 Å². The smallest absolute Gasteiger partial charge is 0.214 e. The molecule has 120 valence electrons. The number of imidazole rings is 1. The van der Waals surface area contributed by atoms with Crippen LogP contribution < -0.4 is 10.1 Å². The first-order valence-electron chi connectivity index (χ1n) is 7.30. The van der Waals surface area contributed by atoms with Crippen LogP contribution in [0.4, 0.5) is 5.13 Å². The zero-order chi connectivity index (χ0) is 16.4. The summed E-state index contributed by atoms with van der Waals surface area (Å²) in [7, 11) is 1.62. The predicted octanol–water partition coefficient (Wildman–Crippen LogP) is 2.87. The van der Waals surface area contributed by atoms with Gasteiger partial charge in [-0.25, -0.2) is 9.50 Å². The summed E-state index contributed by atoms with van der Waals surface area (Å²) in [5, 5.41) is 8.61. The SMILES string of the molecule is COc1cncc(-c2cn3nc(NCc4cccnc4)sc3n2)c1. The lowest BCUT2D eigenvalue weighted by molar-refractivity contribution is 0.413. The molecular weight excluding hydrogens is 324 g/mol. The van der Waals surface area contributed by atoms with Crippen LogP contribution in [0.1, 0.15) is 5.56 Å². The molecule has 0 amide bonds. The highest BCUT2D eigenvalue weighted by Gasteiger charge is 2.10. The van der Waals surface area contributed by atoms with Crippen LogP contribution >= 0.6 is 11.3 Å². The third kappa shape index (κ3) is 2.91. The number of pyridine rings is 2. The molecule has 24 heavy (non-hydrogen) atoms. The van der Waals surface area contributed by atoms with Gasteiger partial charge in [0.2, 0.25) is 10.1 Å². The molecule has 0 aliphatic carbocycles. The highest BCUT2D eigenvalue weighted by molar-refractivity contribution is 7.20. The van der Waals surface area contributed by atoms with E-state index in [1.54, 1.807) is 30.2 Å². The average Bonchev–Trinajstić information content (AvgIpc) is 3.19. The third-order valence-corrected chi connectivity index (χ3v) is 4.33. The van der Waals surface area contributed by atoms with Gasteiger partial charge in [-0.1, -0.05) is 17.4 Å². The second-order valence-corrected chi connectivity index (χ2v) is 6.04. The molecule has 0 unspecified atom stereocenters. The number of nitrogens with one attached hydrogen (secondary N) is 1. The Morgan fingerprint density at radius 3 is 3.00 bits per heavy atom. The van der Waals surface area contributed by atoms with Gasteiger partial charge in [0.05, 0.1) is 25.2 Å². The number of rotatable bonds is 5. The molecule has 0 aliphatic rings. The Bertz CT molecular complexity index is 934. The molecule has 7 nitrogen and oxygen atoms in total. The van der Waals surface area contributed by atoms with E-state index in [0.717, 1.165) is 26.9 Å². The Morgan fingerprint density at radius 2 is 2.21 bits per heavy atom. The van der Waals surface area contributed by atoms with Gasteiger partial charge in [-0.2, -0.15) is 0 Å². The van der Waals surface area contributed by atoms with Gasteiger partial charge >= 0.3 is 0 Å². The molecule has 0 saturated carbocycles. The van der Waals surface area contributed by atoms with E-state index in [1.165, 1.54) is 11.3 Å². The van der Waals surface area contributed by atoms with E-state index in [1.807, 2.05) is 30.6 Å². The number of ether oxygens (including phenoxy) is 1. The lowest BCUT2D eigenvalue weighted by Gasteiger charge is -2.01. The van der Waals surface area contributed by atoms with E-state index in [9.17, 15) is 0 Å². The predicted molar refractivity (Wildman–Crippen MR) is 92.2 cm³/mol. The highest BCUT2D eigenvalue weighted by atomic mass is 32.1. The number of hydrogen-bond donors (Lipinski definition) is 1. The molecule has 0 bridgehead atoms. The van der Waals surface area contributed by atoms with Crippen molar-refractivity contribution in [3.05, 3.63) is 54.7 Å². The van der Waals surface area contributed by atoms with Gasteiger partial charge in [-0.3, -0.25) is 9.97 Å². The van der Waals surface area contributed by atoms with E-state index in [0.29, 0.717) is 12.3 Å². The fourth-order valence-corrected chi connectivity index (χ4v) is 3.04. The molecule has 0 aromatic carbocycles. The number of nitrogens with zero attached hydrogens (tertiary/aromatic N) is 5. The molecule has 0 atom stereocenters. The lowest BCUT2D eigenvalue weighted by atomic mass is 10.2. The Balaban J connectivity index is 1.54. The number of fused-ring (bicyclic) bond motifs is 1. The normalized spacial score (nSPS) is 10.9. The monoisotopic (exact) mass is 338 g/mol. The Morgan fingerprint density at radius 1 is 1.25 bits per heavy atom. The zero-order valence-electron chi connectivity index (χ0n) is 12.9. The second-order valence-electron chi connectivity index (χ2n) is 5.09. The van der Waals surface area contributed by atoms with Gasteiger partial charge < -0.3 is 10.1 Å². The first-order valence-corrected chi connectivity index (χ1v) is 8.12. The summed E-state index contributed by atoms with van der Waals surface area (Å²) in [5.74, 6) is 0.704. The van der Waals surface area contributed by atoms with Gasteiger partial charge in [-0.15, -0.1) is 5.10 Å². The Kier molecular flexibility index (Phi) is 3.80. The average molecular weight is 338 g/mol. The molecule has 4 aromatic rings. The van der Waals surface area contributed by atoms with Crippen LogP contribution in [-0.4, -0.2) is 31.7 Å². The number of aromatic nitrogens is 5. The van der Waals surface area contributed by atoms with Crippen LogP contribution in [0.25, 0.3) is 16.2 Å². The number of methoxy groups -OCH3 is 1. The van der Waals surface area contributed by atoms with Crippen LogP contribution in [0.15, 0.2) is 49.2 Å². The molecule has 0 fully saturated rings. The summed E-state index contributed by atoms with van der Waals surface area (Å²) in [6.07, 6.45) is 8.91. The minimum absolute atomic E-state index is 0.678. The molecular formula is C16H14N6OS. The Labute approximate surface area is 142 Å². The second kappa shape index (κ2) is 6.25. The van der Waals surface area contributed by atoms with E-state index in [-0.39, 0.29) is 0 Å². The minimum Gasteiger partial charge on any atom is -0.495 e. The van der Waals surface area contributed by atoms with Gasteiger partial charge in [0, 0.05) is 30.7 Å². The maximum Gasteiger partial charge on any atom is 0.214 e. The van der Waals surface area contributed by atoms with Crippen molar-refractivity contribution in [1.29, 1.82) is 0 Å². The molecule has 8 heteroatoms. The quantitative estimate of drug-likeness (QED) is 0.603. The van der Waals surface area contributed by atoms with Crippen molar-refractivity contribution in [2.45, 2.75) is 6.54 Å². The van der Waals surface area contributed by atoms with Crippen molar-refractivity contribution in [3.63, 3.8) is 0 Å². The van der Waals surface area contributed by atoms with Crippen molar-refractivity contribution in [2.75, 3.05) is 12.4 Å². The summed E-state index contributed by atoms with van der Waals surface area (Å²) < 4.78 is 6.97. The van der Waals surface area contributed by atoms with E-state index in [2.05, 4.69) is 25.4 Å². The fourth-order valence-electron chi connectivity index (χ4n) is 2.26. The largest absolute Gasteiger partial charge is 0.495 e. The maximum atomic E-state index is 5.20. The molecule has 0 saturated heterocycles. The lowest BCUT2D eigenvalue weighted by Crippen LogP contribution is -1.99. The summed E-state index contributed by atoms with van der Waals surface area (Å²) in [4.78, 5) is 13.7. The number of anilines is 1. The fraction of sp³-hybridized carbons (Fsp3) is 0.125. The van der Waals surface area contributed by atoms with Crippen LogP contribution in [0.5, 0.6) is 5.75 Å². The molecule has 4 heterocycles. The van der Waals surface area contributed by atoms with Gasteiger partial charge in [0.25, 0.3) is 0 Å². The minimum atomic E-state index is 0.678. The standard InChI is InChI=1S/C16H14N6OS/c1-23-13-5-12(8-18-9-13)14-10-22-16(20-14)24-15(21-22)19-7-11-3-2-4-17-6-11/h2-6,8-10H,7H2,1H3,(H,19,21). The number of hydrogen-bond acceptors (Lipinski definition) is 7. The first kappa shape index (κ1) is 14.6. The van der Waals surface area contributed by atoms with Gasteiger partial charge in [-0.05, 0) is 17.7 Å². The molecule has 4 aromatic heterocycles. The van der Waals surface area contributed by atoms with Crippen LogP contribution in [-0.2, 0) is 6.54 Å². The first-order chi connectivity index (χ1) is 11.8.